The summed E-state index contributed by atoms with van der Waals surface area (Å²) in [6, 6.07) is 9.67. The SMILES string of the molecule is CC.CCC(C)c1cccc(Cl)n1.CCc1cccc(C(F)(F)F)n1. The monoisotopic (exact) mass is 374 g/mol. The molecule has 0 bridgehead atoms. The molecule has 0 saturated carbocycles. The lowest BCUT2D eigenvalue weighted by Gasteiger charge is -2.06. The van der Waals surface area contributed by atoms with Gasteiger partial charge in [0.05, 0.1) is 0 Å². The average molecular weight is 375 g/mol. The van der Waals surface area contributed by atoms with Crippen LogP contribution in [0.4, 0.5) is 13.2 Å². The number of hydrogen-bond acceptors (Lipinski definition) is 2. The molecule has 0 aliphatic heterocycles. The number of hydrogen-bond donors (Lipinski definition) is 0. The van der Waals surface area contributed by atoms with E-state index in [9.17, 15) is 13.2 Å². The van der Waals surface area contributed by atoms with Crippen LogP contribution in [0.5, 0.6) is 0 Å². The van der Waals surface area contributed by atoms with Crippen molar-refractivity contribution < 1.29 is 13.2 Å². The molecule has 1 atom stereocenters. The summed E-state index contributed by atoms with van der Waals surface area (Å²) in [5.41, 5.74) is 0.728. The Morgan fingerprint density at radius 3 is 2.08 bits per heavy atom. The molecule has 25 heavy (non-hydrogen) atoms. The Kier molecular flexibility index (Phi) is 11.1. The van der Waals surface area contributed by atoms with Gasteiger partial charge in [0.25, 0.3) is 0 Å². The first kappa shape index (κ1) is 23.4. The van der Waals surface area contributed by atoms with Gasteiger partial charge in [-0.2, -0.15) is 13.2 Å². The number of pyridine rings is 2. The summed E-state index contributed by atoms with van der Waals surface area (Å²) in [5, 5.41) is 0.586. The van der Waals surface area contributed by atoms with Crippen molar-refractivity contribution in [1.29, 1.82) is 0 Å². The Labute approximate surface area is 153 Å². The second-order valence-corrected chi connectivity index (χ2v) is 5.45. The molecule has 2 aromatic heterocycles. The fraction of sp³-hybridized carbons (Fsp3) is 0.474. The third-order valence-corrected chi connectivity index (χ3v) is 3.52. The first-order valence-electron chi connectivity index (χ1n) is 8.43. The number of nitrogens with zero attached hydrogens (tertiary/aromatic N) is 2. The molecular formula is C19H26ClF3N2. The number of halogens is 4. The van der Waals surface area contributed by atoms with E-state index in [2.05, 4.69) is 23.8 Å². The predicted molar refractivity (Wildman–Crippen MR) is 97.9 cm³/mol. The zero-order valence-corrected chi connectivity index (χ0v) is 16.1. The van der Waals surface area contributed by atoms with Crippen molar-refractivity contribution >= 4 is 11.6 Å². The summed E-state index contributed by atoms with van der Waals surface area (Å²) in [6.07, 6.45) is -2.71. The summed E-state index contributed by atoms with van der Waals surface area (Å²) in [7, 11) is 0. The van der Waals surface area contributed by atoms with Gasteiger partial charge in [-0.15, -0.1) is 0 Å². The highest BCUT2D eigenvalue weighted by Gasteiger charge is 2.32. The molecule has 0 N–H and O–H groups in total. The van der Waals surface area contributed by atoms with Crippen LogP contribution in [0.2, 0.25) is 5.15 Å². The Morgan fingerprint density at radius 2 is 1.60 bits per heavy atom. The van der Waals surface area contributed by atoms with Crippen molar-refractivity contribution in [2.75, 3.05) is 0 Å². The van der Waals surface area contributed by atoms with E-state index in [-0.39, 0.29) is 0 Å². The lowest BCUT2D eigenvalue weighted by molar-refractivity contribution is -0.141. The molecule has 0 aromatic carbocycles. The maximum Gasteiger partial charge on any atom is 0.433 e. The fourth-order valence-electron chi connectivity index (χ4n) is 1.74. The van der Waals surface area contributed by atoms with Gasteiger partial charge < -0.3 is 0 Å². The van der Waals surface area contributed by atoms with Gasteiger partial charge in [-0.05, 0) is 43.0 Å². The maximum atomic E-state index is 12.0. The minimum absolute atomic E-state index is 0.463. The third kappa shape index (κ3) is 8.87. The van der Waals surface area contributed by atoms with Gasteiger partial charge in [-0.3, -0.25) is 0 Å². The molecule has 0 radical (unpaired) electrons. The number of aromatic nitrogens is 2. The molecular weight excluding hydrogens is 349 g/mol. The van der Waals surface area contributed by atoms with Gasteiger partial charge >= 0.3 is 6.18 Å². The van der Waals surface area contributed by atoms with Crippen molar-refractivity contribution in [2.45, 2.75) is 59.6 Å². The molecule has 2 heterocycles. The lowest BCUT2D eigenvalue weighted by atomic mass is 10.1. The smallest absolute Gasteiger partial charge is 0.248 e. The van der Waals surface area contributed by atoms with Crippen LogP contribution < -0.4 is 0 Å². The topological polar surface area (TPSA) is 25.8 Å². The molecule has 0 spiro atoms. The highest BCUT2D eigenvalue weighted by Crippen LogP contribution is 2.27. The summed E-state index contributed by atoms with van der Waals surface area (Å²) < 4.78 is 36.1. The first-order chi connectivity index (χ1) is 11.8. The molecule has 0 aliphatic rings. The standard InChI is InChI=1S/C9H12ClN.C8H8F3N.C2H6/c1-3-7(2)8-5-4-6-9(10)11-8;1-2-6-4-3-5-7(12-6)8(9,10)11;1-2/h4-7H,3H2,1-2H3;3-5H,2H2,1H3;1-2H3. The van der Waals surface area contributed by atoms with E-state index in [1.54, 1.807) is 19.1 Å². The van der Waals surface area contributed by atoms with Gasteiger partial charge in [0.2, 0.25) is 0 Å². The van der Waals surface area contributed by atoms with Gasteiger partial charge in [0.15, 0.2) is 0 Å². The third-order valence-electron chi connectivity index (χ3n) is 3.31. The number of aryl methyl sites for hydroxylation is 1. The molecule has 1 unspecified atom stereocenters. The minimum Gasteiger partial charge on any atom is -0.248 e. The second kappa shape index (κ2) is 11.9. The van der Waals surface area contributed by atoms with Crippen LogP contribution in [-0.2, 0) is 12.6 Å². The Balaban J connectivity index is 0.000000421. The molecule has 0 amide bonds. The van der Waals surface area contributed by atoms with Crippen molar-refractivity contribution in [1.82, 2.24) is 9.97 Å². The molecule has 2 nitrogen and oxygen atoms in total. The van der Waals surface area contributed by atoms with Gasteiger partial charge in [-0.1, -0.05) is 58.4 Å². The van der Waals surface area contributed by atoms with Crippen LogP contribution in [0.25, 0.3) is 0 Å². The lowest BCUT2D eigenvalue weighted by Crippen LogP contribution is -2.08. The Morgan fingerprint density at radius 1 is 1.00 bits per heavy atom. The molecule has 0 fully saturated rings. The van der Waals surface area contributed by atoms with Crippen LogP contribution >= 0.6 is 11.6 Å². The van der Waals surface area contributed by atoms with Gasteiger partial charge in [0.1, 0.15) is 10.8 Å². The summed E-state index contributed by atoms with van der Waals surface area (Å²) in [4.78, 5) is 7.65. The van der Waals surface area contributed by atoms with Gasteiger partial charge in [-0.25, -0.2) is 9.97 Å². The van der Waals surface area contributed by atoms with E-state index >= 15 is 0 Å². The Bertz CT molecular complexity index is 616. The molecule has 2 rings (SSSR count). The number of alkyl halides is 3. The average Bonchev–Trinajstić information content (AvgIpc) is 2.62. The summed E-state index contributed by atoms with van der Waals surface area (Å²) >= 11 is 5.73. The van der Waals surface area contributed by atoms with Crippen LogP contribution in [0.3, 0.4) is 0 Å². The van der Waals surface area contributed by atoms with Crippen molar-refractivity contribution in [2.24, 2.45) is 0 Å². The fourth-order valence-corrected chi connectivity index (χ4v) is 1.91. The quantitative estimate of drug-likeness (QED) is 0.544. The largest absolute Gasteiger partial charge is 0.433 e. The molecule has 0 aliphatic carbocycles. The predicted octanol–water partition coefficient (Wildman–Crippen LogP) is 6.94. The van der Waals surface area contributed by atoms with Crippen LogP contribution in [0, 0.1) is 0 Å². The van der Waals surface area contributed by atoms with Crippen LogP contribution in [0.1, 0.15) is 64.0 Å². The van der Waals surface area contributed by atoms with Crippen molar-refractivity contribution in [3.05, 3.63) is 58.6 Å². The normalized spacial score (nSPS) is 11.6. The molecule has 140 valence electrons. The van der Waals surface area contributed by atoms with E-state index in [4.69, 9.17) is 11.6 Å². The van der Waals surface area contributed by atoms with Crippen LogP contribution in [-0.4, -0.2) is 9.97 Å². The van der Waals surface area contributed by atoms with Crippen LogP contribution in [0.15, 0.2) is 36.4 Å². The minimum atomic E-state index is -4.33. The summed E-state index contributed by atoms with van der Waals surface area (Å²) in [5.74, 6) is 0.508. The highest BCUT2D eigenvalue weighted by molar-refractivity contribution is 6.29. The number of rotatable bonds is 3. The highest BCUT2D eigenvalue weighted by atomic mass is 35.5. The van der Waals surface area contributed by atoms with E-state index in [0.717, 1.165) is 18.2 Å². The van der Waals surface area contributed by atoms with E-state index in [1.165, 1.54) is 6.07 Å². The van der Waals surface area contributed by atoms with E-state index in [1.807, 2.05) is 26.0 Å². The van der Waals surface area contributed by atoms with E-state index in [0.29, 0.717) is 23.2 Å². The zero-order valence-electron chi connectivity index (χ0n) is 15.4. The molecule has 0 saturated heterocycles. The first-order valence-corrected chi connectivity index (χ1v) is 8.81. The molecule has 2 aromatic rings. The second-order valence-electron chi connectivity index (χ2n) is 5.06. The van der Waals surface area contributed by atoms with Gasteiger partial charge in [0, 0.05) is 11.4 Å². The van der Waals surface area contributed by atoms with E-state index < -0.39 is 11.9 Å². The molecule has 6 heteroatoms. The summed E-state index contributed by atoms with van der Waals surface area (Å²) in [6.45, 7) is 10.1. The maximum absolute atomic E-state index is 12.0. The Hall–Kier alpha value is -1.62. The van der Waals surface area contributed by atoms with Crippen molar-refractivity contribution in [3.63, 3.8) is 0 Å². The zero-order chi connectivity index (χ0) is 19.5. The van der Waals surface area contributed by atoms with Crippen molar-refractivity contribution in [3.8, 4) is 0 Å².